The van der Waals surface area contributed by atoms with Crippen molar-refractivity contribution in [2.24, 2.45) is 5.92 Å². The highest BCUT2D eigenvalue weighted by Gasteiger charge is 2.23. The van der Waals surface area contributed by atoms with E-state index in [0.717, 1.165) is 18.8 Å². The summed E-state index contributed by atoms with van der Waals surface area (Å²) in [5.74, 6) is 0.214. The van der Waals surface area contributed by atoms with E-state index in [1.54, 1.807) is 38.1 Å². The summed E-state index contributed by atoms with van der Waals surface area (Å²) < 4.78 is 32.2. The molecule has 1 aliphatic heterocycles. The number of hydrogen-bond donors (Lipinski definition) is 2. The monoisotopic (exact) mass is 445 g/mol. The third-order valence-corrected chi connectivity index (χ3v) is 7.12. The van der Waals surface area contributed by atoms with E-state index >= 15 is 0 Å². The van der Waals surface area contributed by atoms with Gasteiger partial charge in [0.2, 0.25) is 10.0 Å². The minimum Gasteiger partial charge on any atom is -0.374 e. The molecule has 1 unspecified atom stereocenters. The Hall–Kier alpha value is -2.58. The quantitative estimate of drug-likeness (QED) is 0.674. The summed E-state index contributed by atoms with van der Waals surface area (Å²) in [6, 6.07) is 14.1. The highest BCUT2D eigenvalue weighted by molar-refractivity contribution is 7.93. The summed E-state index contributed by atoms with van der Waals surface area (Å²) in [7, 11) is -3.42. The third-order valence-electron chi connectivity index (χ3n) is 5.36. The second-order valence-corrected chi connectivity index (χ2v) is 10.6. The van der Waals surface area contributed by atoms with Crippen LogP contribution >= 0.6 is 0 Å². The third kappa shape index (κ3) is 5.98. The molecule has 0 spiro atoms. The number of carbonyl (C=O) groups excluding carboxylic acids is 1. The van der Waals surface area contributed by atoms with Crippen molar-refractivity contribution in [2.75, 3.05) is 34.6 Å². The van der Waals surface area contributed by atoms with E-state index in [0.29, 0.717) is 29.5 Å². The van der Waals surface area contributed by atoms with Crippen LogP contribution in [0.3, 0.4) is 0 Å². The topological polar surface area (TPSA) is 87.7 Å². The molecule has 168 valence electrons. The summed E-state index contributed by atoms with van der Waals surface area (Å²) in [5.41, 5.74) is 2.69. The molecule has 1 saturated heterocycles. The van der Waals surface area contributed by atoms with Crippen molar-refractivity contribution in [3.8, 4) is 0 Å². The van der Waals surface area contributed by atoms with Gasteiger partial charge in [-0.2, -0.15) is 0 Å². The SMILES string of the molecule is CC(C)C1CN(c2ccc(NC(=O)c3ccc(NS(=O)(=O)C(C)C)cc3)cc2)CCO1. The molecule has 0 bridgehead atoms. The first-order chi connectivity index (χ1) is 14.7. The molecule has 1 fully saturated rings. The van der Waals surface area contributed by atoms with Gasteiger partial charge < -0.3 is 15.0 Å². The zero-order valence-electron chi connectivity index (χ0n) is 18.5. The molecule has 2 aromatic rings. The van der Waals surface area contributed by atoms with Gasteiger partial charge in [-0.3, -0.25) is 9.52 Å². The number of benzene rings is 2. The van der Waals surface area contributed by atoms with Crippen LogP contribution < -0.4 is 14.9 Å². The van der Waals surface area contributed by atoms with E-state index in [1.165, 1.54) is 0 Å². The van der Waals surface area contributed by atoms with Gasteiger partial charge in [-0.1, -0.05) is 13.8 Å². The molecule has 0 radical (unpaired) electrons. The summed E-state index contributed by atoms with van der Waals surface area (Å²) in [6.07, 6.45) is 0.223. The minimum atomic E-state index is -3.42. The molecular weight excluding hydrogens is 414 g/mol. The number of carbonyl (C=O) groups is 1. The molecule has 1 amide bonds. The van der Waals surface area contributed by atoms with Gasteiger partial charge in [0.15, 0.2) is 0 Å². The normalized spacial score (nSPS) is 17.1. The summed E-state index contributed by atoms with van der Waals surface area (Å²) >= 11 is 0. The van der Waals surface area contributed by atoms with E-state index in [1.807, 2.05) is 24.3 Å². The Bertz CT molecular complexity index is 986. The van der Waals surface area contributed by atoms with E-state index in [4.69, 9.17) is 4.74 Å². The number of nitrogens with zero attached hydrogens (tertiary/aromatic N) is 1. The molecule has 1 heterocycles. The number of rotatable bonds is 7. The van der Waals surface area contributed by atoms with Gasteiger partial charge in [-0.05, 0) is 68.3 Å². The zero-order valence-corrected chi connectivity index (χ0v) is 19.3. The van der Waals surface area contributed by atoms with Crippen molar-refractivity contribution in [3.63, 3.8) is 0 Å². The zero-order chi connectivity index (χ0) is 22.6. The van der Waals surface area contributed by atoms with Crippen molar-refractivity contribution in [3.05, 3.63) is 54.1 Å². The van der Waals surface area contributed by atoms with Crippen LogP contribution in [0.1, 0.15) is 38.1 Å². The molecule has 1 aliphatic rings. The van der Waals surface area contributed by atoms with Crippen LogP contribution in [0.25, 0.3) is 0 Å². The molecule has 0 aromatic heterocycles. The van der Waals surface area contributed by atoms with Crippen molar-refractivity contribution in [1.29, 1.82) is 0 Å². The molecule has 7 nitrogen and oxygen atoms in total. The number of morpholine rings is 1. The first-order valence-electron chi connectivity index (χ1n) is 10.6. The van der Waals surface area contributed by atoms with Crippen molar-refractivity contribution >= 4 is 33.0 Å². The van der Waals surface area contributed by atoms with Gasteiger partial charge in [-0.15, -0.1) is 0 Å². The van der Waals surface area contributed by atoms with Gasteiger partial charge in [0.1, 0.15) is 0 Å². The minimum absolute atomic E-state index is 0.223. The Morgan fingerprint density at radius 1 is 1.00 bits per heavy atom. The molecule has 0 aliphatic carbocycles. The highest BCUT2D eigenvalue weighted by Crippen LogP contribution is 2.23. The highest BCUT2D eigenvalue weighted by atomic mass is 32.2. The lowest BCUT2D eigenvalue weighted by molar-refractivity contribution is 0.0114. The molecule has 31 heavy (non-hydrogen) atoms. The van der Waals surface area contributed by atoms with Crippen LogP contribution in [0.2, 0.25) is 0 Å². The maximum atomic E-state index is 12.5. The fourth-order valence-electron chi connectivity index (χ4n) is 3.24. The van der Waals surface area contributed by atoms with Crippen LogP contribution in [0.5, 0.6) is 0 Å². The van der Waals surface area contributed by atoms with Crippen LogP contribution in [-0.2, 0) is 14.8 Å². The predicted molar refractivity (Wildman–Crippen MR) is 125 cm³/mol. The second kappa shape index (κ2) is 9.70. The van der Waals surface area contributed by atoms with Gasteiger partial charge in [0, 0.05) is 35.7 Å². The molecule has 8 heteroatoms. The molecular formula is C23H31N3O4S. The van der Waals surface area contributed by atoms with E-state index in [2.05, 4.69) is 28.8 Å². The first-order valence-corrected chi connectivity index (χ1v) is 12.1. The van der Waals surface area contributed by atoms with Gasteiger partial charge >= 0.3 is 0 Å². The van der Waals surface area contributed by atoms with E-state index < -0.39 is 15.3 Å². The van der Waals surface area contributed by atoms with Crippen molar-refractivity contribution < 1.29 is 17.9 Å². The maximum absolute atomic E-state index is 12.5. The molecule has 0 saturated carbocycles. The lowest BCUT2D eigenvalue weighted by Crippen LogP contribution is -2.44. The standard InChI is InChI=1S/C23H31N3O4S/c1-16(2)22-15-26(13-14-30-22)21-11-9-19(10-12-21)24-23(27)18-5-7-20(8-6-18)25-31(28,29)17(3)4/h5-12,16-17,22,25H,13-15H2,1-4H3,(H,24,27). The first kappa shape index (κ1) is 23.1. The smallest absolute Gasteiger partial charge is 0.255 e. The Morgan fingerprint density at radius 2 is 1.61 bits per heavy atom. The number of anilines is 3. The van der Waals surface area contributed by atoms with Crippen molar-refractivity contribution in [2.45, 2.75) is 39.0 Å². The van der Waals surface area contributed by atoms with Crippen LogP contribution in [0.15, 0.2) is 48.5 Å². The fourth-order valence-corrected chi connectivity index (χ4v) is 3.94. The summed E-state index contributed by atoms with van der Waals surface area (Å²) in [5, 5.41) is 2.35. The molecule has 3 rings (SSSR count). The Balaban J connectivity index is 1.60. The Kier molecular flexibility index (Phi) is 7.23. The predicted octanol–water partition coefficient (Wildman–Crippen LogP) is 3.95. The van der Waals surface area contributed by atoms with E-state index in [-0.39, 0.29) is 12.0 Å². The largest absolute Gasteiger partial charge is 0.374 e. The number of sulfonamides is 1. The van der Waals surface area contributed by atoms with Gasteiger partial charge in [0.05, 0.1) is 18.0 Å². The maximum Gasteiger partial charge on any atom is 0.255 e. The number of ether oxygens (including phenoxy) is 1. The number of hydrogen-bond acceptors (Lipinski definition) is 5. The fraction of sp³-hybridized carbons (Fsp3) is 0.435. The number of nitrogens with one attached hydrogen (secondary N) is 2. The average Bonchev–Trinajstić information content (AvgIpc) is 2.74. The van der Waals surface area contributed by atoms with E-state index in [9.17, 15) is 13.2 Å². The Labute approximate surface area is 184 Å². The summed E-state index contributed by atoms with van der Waals surface area (Å²) in [6.45, 7) is 9.97. The van der Waals surface area contributed by atoms with Crippen LogP contribution in [-0.4, -0.2) is 45.4 Å². The van der Waals surface area contributed by atoms with Gasteiger partial charge in [0.25, 0.3) is 5.91 Å². The Morgan fingerprint density at radius 3 is 2.19 bits per heavy atom. The van der Waals surface area contributed by atoms with Crippen molar-refractivity contribution in [1.82, 2.24) is 0 Å². The molecule has 2 aromatic carbocycles. The van der Waals surface area contributed by atoms with Gasteiger partial charge in [-0.25, -0.2) is 8.42 Å². The summed E-state index contributed by atoms with van der Waals surface area (Å²) in [4.78, 5) is 14.8. The number of amides is 1. The second-order valence-electron chi connectivity index (χ2n) is 8.37. The average molecular weight is 446 g/mol. The molecule has 1 atom stereocenters. The lowest BCUT2D eigenvalue weighted by atomic mass is 10.1. The van der Waals surface area contributed by atoms with Crippen LogP contribution in [0.4, 0.5) is 17.1 Å². The lowest BCUT2D eigenvalue weighted by Gasteiger charge is -2.36. The van der Waals surface area contributed by atoms with Crippen LogP contribution in [0, 0.1) is 5.92 Å². The molecule has 2 N–H and O–H groups in total.